The van der Waals surface area contributed by atoms with E-state index in [2.05, 4.69) is 13.8 Å². The molecule has 0 unspecified atom stereocenters. The van der Waals surface area contributed by atoms with Gasteiger partial charge in [-0.3, -0.25) is 4.79 Å². The van der Waals surface area contributed by atoms with E-state index in [4.69, 9.17) is 5.11 Å². The van der Waals surface area contributed by atoms with Gasteiger partial charge in [-0.25, -0.2) is 0 Å². The zero-order valence-electron chi connectivity index (χ0n) is 10.1. The van der Waals surface area contributed by atoms with Crippen LogP contribution in [0.3, 0.4) is 0 Å². The van der Waals surface area contributed by atoms with Crippen molar-refractivity contribution in [2.45, 2.75) is 65.2 Å². The van der Waals surface area contributed by atoms with Crippen molar-refractivity contribution in [3.8, 4) is 0 Å². The molecule has 1 saturated carbocycles. The van der Waals surface area contributed by atoms with Gasteiger partial charge in [0, 0.05) is 0 Å². The summed E-state index contributed by atoms with van der Waals surface area (Å²) in [5.41, 5.74) is 0.396. The molecule has 0 aromatic heterocycles. The molecule has 1 N–H and O–H groups in total. The molecule has 0 aromatic rings. The van der Waals surface area contributed by atoms with Gasteiger partial charge in [-0.15, -0.1) is 0 Å². The van der Waals surface area contributed by atoms with Gasteiger partial charge in [0.25, 0.3) is 0 Å². The van der Waals surface area contributed by atoms with E-state index in [0.717, 1.165) is 12.8 Å². The molecule has 0 saturated heterocycles. The van der Waals surface area contributed by atoms with Crippen LogP contribution in [-0.4, -0.2) is 11.1 Å². The number of hydrogen-bond acceptors (Lipinski definition) is 1. The number of carboxylic acids is 1. The molecule has 2 heteroatoms. The van der Waals surface area contributed by atoms with Crippen LogP contribution in [0.15, 0.2) is 0 Å². The van der Waals surface area contributed by atoms with E-state index in [9.17, 15) is 4.79 Å². The fourth-order valence-electron chi connectivity index (χ4n) is 2.97. The molecule has 0 amide bonds. The molecular weight excluding hydrogens is 188 g/mol. The molecule has 0 spiro atoms. The lowest BCUT2D eigenvalue weighted by molar-refractivity contribution is -0.151. The number of rotatable bonds is 7. The SMILES string of the molecule is CCCCCC1(CCC)CC(C(=O)O)C1. The Bertz CT molecular complexity index is 205. The van der Waals surface area contributed by atoms with E-state index >= 15 is 0 Å². The summed E-state index contributed by atoms with van der Waals surface area (Å²) < 4.78 is 0. The number of unbranched alkanes of at least 4 members (excludes halogenated alkanes) is 2. The molecule has 0 heterocycles. The fourth-order valence-corrected chi connectivity index (χ4v) is 2.97. The second kappa shape index (κ2) is 5.53. The third-order valence-electron chi connectivity index (χ3n) is 3.80. The first-order chi connectivity index (χ1) is 7.13. The van der Waals surface area contributed by atoms with Crippen molar-refractivity contribution < 1.29 is 9.90 Å². The Morgan fingerprint density at radius 3 is 2.33 bits per heavy atom. The normalized spacial score (nSPS) is 29.9. The van der Waals surface area contributed by atoms with Crippen LogP contribution in [0.25, 0.3) is 0 Å². The first kappa shape index (κ1) is 12.5. The van der Waals surface area contributed by atoms with Crippen molar-refractivity contribution in [1.82, 2.24) is 0 Å². The molecule has 1 aliphatic carbocycles. The van der Waals surface area contributed by atoms with Gasteiger partial charge in [0.1, 0.15) is 0 Å². The average Bonchev–Trinajstić information content (AvgIpc) is 2.12. The van der Waals surface area contributed by atoms with Gasteiger partial charge >= 0.3 is 5.97 Å². The third kappa shape index (κ3) is 3.22. The van der Waals surface area contributed by atoms with Crippen LogP contribution in [0, 0.1) is 11.3 Å². The van der Waals surface area contributed by atoms with Crippen molar-refractivity contribution in [2.75, 3.05) is 0 Å². The molecule has 0 atom stereocenters. The maximum atomic E-state index is 10.8. The van der Waals surface area contributed by atoms with Gasteiger partial charge in [0.05, 0.1) is 5.92 Å². The van der Waals surface area contributed by atoms with Crippen molar-refractivity contribution in [3.05, 3.63) is 0 Å². The minimum absolute atomic E-state index is 0.0434. The maximum Gasteiger partial charge on any atom is 0.306 e. The summed E-state index contributed by atoms with van der Waals surface area (Å²) in [5.74, 6) is -0.629. The quantitative estimate of drug-likeness (QED) is 0.651. The van der Waals surface area contributed by atoms with E-state index in [0.29, 0.717) is 5.41 Å². The molecule has 2 nitrogen and oxygen atoms in total. The van der Waals surface area contributed by atoms with Crippen LogP contribution in [0.1, 0.15) is 65.2 Å². The summed E-state index contributed by atoms with van der Waals surface area (Å²) in [6.45, 7) is 4.42. The molecular formula is C13H24O2. The topological polar surface area (TPSA) is 37.3 Å². The summed E-state index contributed by atoms with van der Waals surface area (Å²) in [5, 5.41) is 8.91. The highest BCUT2D eigenvalue weighted by Crippen LogP contribution is 2.52. The molecule has 0 aromatic carbocycles. The van der Waals surface area contributed by atoms with Gasteiger partial charge < -0.3 is 5.11 Å². The predicted molar refractivity (Wildman–Crippen MR) is 61.8 cm³/mol. The Balaban J connectivity index is 2.35. The van der Waals surface area contributed by atoms with Gasteiger partial charge in [0.2, 0.25) is 0 Å². The highest BCUT2D eigenvalue weighted by Gasteiger charge is 2.45. The van der Waals surface area contributed by atoms with Crippen molar-refractivity contribution in [1.29, 1.82) is 0 Å². The predicted octanol–water partition coefficient (Wildman–Crippen LogP) is 3.85. The second-order valence-electron chi connectivity index (χ2n) is 5.15. The van der Waals surface area contributed by atoms with Crippen molar-refractivity contribution >= 4 is 5.97 Å². The second-order valence-corrected chi connectivity index (χ2v) is 5.15. The average molecular weight is 212 g/mol. The number of aliphatic carboxylic acids is 1. The van der Waals surface area contributed by atoms with Crippen LogP contribution >= 0.6 is 0 Å². The Kier molecular flexibility index (Phi) is 4.62. The zero-order valence-corrected chi connectivity index (χ0v) is 10.1. The van der Waals surface area contributed by atoms with Crippen molar-refractivity contribution in [3.63, 3.8) is 0 Å². The Hall–Kier alpha value is -0.530. The van der Waals surface area contributed by atoms with Crippen LogP contribution < -0.4 is 0 Å². The maximum absolute atomic E-state index is 10.8. The molecule has 0 bridgehead atoms. The standard InChI is InChI=1S/C13H24O2/c1-3-5-6-8-13(7-4-2)9-11(10-13)12(14)15/h11H,3-10H2,1-2H3,(H,14,15). The Morgan fingerprint density at radius 1 is 1.20 bits per heavy atom. The summed E-state index contributed by atoms with van der Waals surface area (Å²) in [7, 11) is 0. The minimum Gasteiger partial charge on any atom is -0.481 e. The van der Waals surface area contributed by atoms with Gasteiger partial charge in [0.15, 0.2) is 0 Å². The largest absolute Gasteiger partial charge is 0.481 e. The van der Waals surface area contributed by atoms with E-state index in [1.165, 1.54) is 38.5 Å². The smallest absolute Gasteiger partial charge is 0.306 e. The first-order valence-electron chi connectivity index (χ1n) is 6.36. The molecule has 0 aliphatic heterocycles. The van der Waals surface area contributed by atoms with E-state index < -0.39 is 5.97 Å². The molecule has 0 radical (unpaired) electrons. The lowest BCUT2D eigenvalue weighted by atomic mass is 9.58. The van der Waals surface area contributed by atoms with Crippen molar-refractivity contribution in [2.24, 2.45) is 11.3 Å². The number of carbonyl (C=O) groups is 1. The summed E-state index contributed by atoms with van der Waals surface area (Å²) in [6, 6.07) is 0. The molecule has 1 rings (SSSR count). The van der Waals surface area contributed by atoms with Gasteiger partial charge in [-0.2, -0.15) is 0 Å². The Morgan fingerprint density at radius 2 is 1.87 bits per heavy atom. The third-order valence-corrected chi connectivity index (χ3v) is 3.80. The molecule has 88 valence electrons. The van der Waals surface area contributed by atoms with E-state index in [-0.39, 0.29) is 5.92 Å². The summed E-state index contributed by atoms with van der Waals surface area (Å²) in [6.07, 6.45) is 9.35. The van der Waals surface area contributed by atoms with E-state index in [1.54, 1.807) is 0 Å². The molecule has 1 fully saturated rings. The lowest BCUT2D eigenvalue weighted by Crippen LogP contribution is -2.41. The van der Waals surface area contributed by atoms with E-state index in [1.807, 2.05) is 0 Å². The Labute approximate surface area is 93.1 Å². The zero-order chi connectivity index (χ0) is 11.3. The highest BCUT2D eigenvalue weighted by atomic mass is 16.4. The van der Waals surface area contributed by atoms with Crippen LogP contribution in [0.2, 0.25) is 0 Å². The molecule has 1 aliphatic rings. The summed E-state index contributed by atoms with van der Waals surface area (Å²) >= 11 is 0. The number of hydrogen-bond donors (Lipinski definition) is 1. The van der Waals surface area contributed by atoms with Gasteiger partial charge in [-0.05, 0) is 31.1 Å². The van der Waals surface area contributed by atoms with Gasteiger partial charge in [-0.1, -0.05) is 39.5 Å². The van der Waals surface area contributed by atoms with Crippen LogP contribution in [-0.2, 0) is 4.79 Å². The summed E-state index contributed by atoms with van der Waals surface area (Å²) in [4.78, 5) is 10.8. The highest BCUT2D eigenvalue weighted by molar-refractivity contribution is 5.71. The van der Waals surface area contributed by atoms with Crippen LogP contribution in [0.5, 0.6) is 0 Å². The monoisotopic (exact) mass is 212 g/mol. The fraction of sp³-hybridized carbons (Fsp3) is 0.923. The van der Waals surface area contributed by atoms with Crippen LogP contribution in [0.4, 0.5) is 0 Å². The first-order valence-corrected chi connectivity index (χ1v) is 6.36. The minimum atomic E-state index is -0.586. The molecule has 15 heavy (non-hydrogen) atoms. The lowest BCUT2D eigenvalue weighted by Gasteiger charge is -2.46. The number of carboxylic acid groups (broad SMARTS) is 1.